The highest BCUT2D eigenvalue weighted by Crippen LogP contribution is 2.51. The van der Waals surface area contributed by atoms with Crippen LogP contribution < -0.4 is 9.47 Å². The zero-order valence-corrected chi connectivity index (χ0v) is 25.8. The van der Waals surface area contributed by atoms with E-state index in [1.54, 1.807) is 17.4 Å². The lowest BCUT2D eigenvalue weighted by molar-refractivity contribution is 0.183. The summed E-state index contributed by atoms with van der Waals surface area (Å²) in [5.41, 5.74) is 0. The van der Waals surface area contributed by atoms with Gasteiger partial charge in [0.05, 0.1) is 20.9 Å². The largest absolute Gasteiger partial charge is 0.507 e. The molecule has 3 aromatic rings. The molecular formula is C31H42ClNO5S2. The number of ether oxygens (including phenoxy) is 2. The Morgan fingerprint density at radius 1 is 0.975 bits per heavy atom. The topological polar surface area (TPSA) is 76.1 Å². The first-order valence-electron chi connectivity index (χ1n) is 14.6. The van der Waals surface area contributed by atoms with Crippen LogP contribution in [0.5, 0.6) is 23.0 Å². The summed E-state index contributed by atoms with van der Waals surface area (Å²) in [7, 11) is -3.45. The van der Waals surface area contributed by atoms with Crippen molar-refractivity contribution < 1.29 is 23.0 Å². The molecule has 2 heterocycles. The Balaban J connectivity index is 0.00000370. The van der Waals surface area contributed by atoms with Gasteiger partial charge in [0.2, 0.25) is 0 Å². The third-order valence-corrected chi connectivity index (χ3v) is 11.1. The predicted molar refractivity (Wildman–Crippen MR) is 166 cm³/mol. The smallest absolute Gasteiger partial charge is 0.178 e. The van der Waals surface area contributed by atoms with Crippen LogP contribution in [0.1, 0.15) is 81.9 Å². The van der Waals surface area contributed by atoms with Crippen LogP contribution in [0, 0.1) is 0 Å². The Morgan fingerprint density at radius 2 is 1.65 bits per heavy atom. The maximum Gasteiger partial charge on any atom is 0.178 e. The van der Waals surface area contributed by atoms with Gasteiger partial charge in [0.25, 0.3) is 0 Å². The average molecular weight is 608 g/mol. The summed E-state index contributed by atoms with van der Waals surface area (Å²) < 4.78 is 39.1. The van der Waals surface area contributed by atoms with E-state index in [0.29, 0.717) is 35.8 Å². The van der Waals surface area contributed by atoms with E-state index in [-0.39, 0.29) is 28.8 Å². The highest BCUT2D eigenvalue weighted by molar-refractivity contribution is 7.91. The fourth-order valence-corrected chi connectivity index (χ4v) is 8.67. The quantitative estimate of drug-likeness (QED) is 0.236. The molecule has 2 aromatic carbocycles. The number of thiophene rings is 1. The van der Waals surface area contributed by atoms with Gasteiger partial charge in [-0.05, 0) is 87.5 Å². The number of likely N-dealkylation sites (tertiary alicyclic amines) is 1. The van der Waals surface area contributed by atoms with Gasteiger partial charge in [0.1, 0.15) is 23.9 Å². The van der Waals surface area contributed by atoms with E-state index < -0.39 is 9.84 Å². The lowest BCUT2D eigenvalue weighted by Crippen LogP contribution is -2.33. The Kier molecular flexibility index (Phi) is 11.0. The van der Waals surface area contributed by atoms with Gasteiger partial charge in [-0.15, -0.1) is 23.7 Å². The molecule has 220 valence electrons. The van der Waals surface area contributed by atoms with Crippen LogP contribution in [0.4, 0.5) is 0 Å². The number of halogens is 1. The fourth-order valence-electron chi connectivity index (χ4n) is 5.74. The molecular weight excluding hydrogens is 566 g/mol. The number of hydrogen-bond donors (Lipinski definition) is 1. The monoisotopic (exact) mass is 607 g/mol. The number of hydrogen-bond acceptors (Lipinski definition) is 7. The van der Waals surface area contributed by atoms with Gasteiger partial charge in [-0.25, -0.2) is 8.42 Å². The lowest BCUT2D eigenvalue weighted by atomic mass is 9.87. The van der Waals surface area contributed by atoms with Gasteiger partial charge in [-0.1, -0.05) is 39.0 Å². The van der Waals surface area contributed by atoms with Crippen LogP contribution in [-0.4, -0.2) is 50.4 Å². The number of unbranched alkanes of at least 4 members (excludes halogenated alkanes) is 1. The molecule has 0 radical (unpaired) electrons. The van der Waals surface area contributed by atoms with E-state index in [4.69, 9.17) is 9.47 Å². The molecule has 1 saturated carbocycles. The summed E-state index contributed by atoms with van der Waals surface area (Å²) in [6.07, 6.45) is 11.0. The SMILES string of the molecule is CCCCS(=O)(=O)c1cc(O)c2c(Oc3ccc(OCCN4CCCCC4)cc3)c(C3CCCCC3)sc2c1.Cl. The molecule has 9 heteroatoms. The van der Waals surface area contributed by atoms with Crippen molar-refractivity contribution in [1.29, 1.82) is 0 Å². The van der Waals surface area contributed by atoms with Gasteiger partial charge in [-0.3, -0.25) is 4.90 Å². The molecule has 40 heavy (non-hydrogen) atoms. The zero-order chi connectivity index (χ0) is 27.2. The minimum atomic E-state index is -3.45. The van der Waals surface area contributed by atoms with Crippen LogP contribution in [0.25, 0.3) is 10.1 Å². The van der Waals surface area contributed by atoms with Crippen molar-refractivity contribution in [3.05, 3.63) is 41.3 Å². The normalized spacial score (nSPS) is 17.0. The van der Waals surface area contributed by atoms with Gasteiger partial charge < -0.3 is 14.6 Å². The minimum absolute atomic E-state index is 0. The summed E-state index contributed by atoms with van der Waals surface area (Å²) in [5.74, 6) is 2.55. The molecule has 1 aliphatic carbocycles. The van der Waals surface area contributed by atoms with Crippen LogP contribution in [0.3, 0.4) is 0 Å². The van der Waals surface area contributed by atoms with Crippen LogP contribution in [-0.2, 0) is 9.84 Å². The van der Waals surface area contributed by atoms with Crippen molar-refractivity contribution in [2.75, 3.05) is 32.0 Å². The lowest BCUT2D eigenvalue weighted by Gasteiger charge is -2.26. The second kappa shape index (κ2) is 14.3. The van der Waals surface area contributed by atoms with Crippen molar-refractivity contribution in [3.63, 3.8) is 0 Å². The Labute approximate surface area is 249 Å². The number of phenols is 1. The highest BCUT2D eigenvalue weighted by Gasteiger charge is 2.27. The van der Waals surface area contributed by atoms with E-state index in [2.05, 4.69) is 4.90 Å². The molecule has 0 bridgehead atoms. The average Bonchev–Trinajstić information content (AvgIpc) is 3.32. The first-order chi connectivity index (χ1) is 18.9. The summed E-state index contributed by atoms with van der Waals surface area (Å²) >= 11 is 1.57. The molecule has 0 atom stereocenters. The maximum absolute atomic E-state index is 12.9. The molecule has 6 nitrogen and oxygen atoms in total. The number of aromatic hydroxyl groups is 1. The van der Waals surface area contributed by atoms with Crippen LogP contribution >= 0.6 is 23.7 Å². The van der Waals surface area contributed by atoms with E-state index in [9.17, 15) is 13.5 Å². The van der Waals surface area contributed by atoms with Crippen molar-refractivity contribution in [2.45, 2.75) is 81.9 Å². The number of phenolic OH excluding ortho intramolecular Hbond substituents is 1. The zero-order valence-electron chi connectivity index (χ0n) is 23.4. The molecule has 0 spiro atoms. The van der Waals surface area contributed by atoms with Crippen LogP contribution in [0.15, 0.2) is 41.3 Å². The second-order valence-corrected chi connectivity index (χ2v) is 14.1. The fraction of sp³-hybridized carbons (Fsp3) is 0.548. The van der Waals surface area contributed by atoms with E-state index >= 15 is 0 Å². The van der Waals surface area contributed by atoms with E-state index in [0.717, 1.165) is 54.2 Å². The standard InChI is InChI=1S/C31H41NO5S2.ClH/c1-2-3-20-39(34,35)26-21-27(33)29-28(22-26)38-31(23-10-6-4-7-11-23)30(29)37-25-14-12-24(13-15-25)36-19-18-32-16-8-5-9-17-32;/h12-15,21-23,33H,2-11,16-20H2,1H3;1H. The Bertz CT molecular complexity index is 1340. The minimum Gasteiger partial charge on any atom is -0.507 e. The Morgan fingerprint density at radius 3 is 2.35 bits per heavy atom. The molecule has 2 fully saturated rings. The predicted octanol–water partition coefficient (Wildman–Crippen LogP) is 8.31. The molecule has 2 aliphatic rings. The third-order valence-electron chi connectivity index (χ3n) is 8.00. The number of piperidine rings is 1. The summed E-state index contributed by atoms with van der Waals surface area (Å²) in [6.45, 7) is 5.90. The molecule has 1 aliphatic heterocycles. The number of rotatable bonds is 11. The number of sulfone groups is 1. The molecule has 1 saturated heterocycles. The summed E-state index contributed by atoms with van der Waals surface area (Å²) in [5, 5.41) is 11.7. The first-order valence-corrected chi connectivity index (χ1v) is 17.1. The van der Waals surface area contributed by atoms with Gasteiger partial charge in [0, 0.05) is 11.2 Å². The maximum atomic E-state index is 12.9. The number of fused-ring (bicyclic) bond motifs is 1. The van der Waals surface area contributed by atoms with E-state index in [1.807, 2.05) is 31.2 Å². The molecule has 0 unspecified atom stereocenters. The number of benzene rings is 2. The molecule has 1 aromatic heterocycles. The summed E-state index contributed by atoms with van der Waals surface area (Å²) in [4.78, 5) is 3.75. The van der Waals surface area contributed by atoms with Crippen molar-refractivity contribution in [3.8, 4) is 23.0 Å². The van der Waals surface area contributed by atoms with E-state index in [1.165, 1.54) is 44.6 Å². The van der Waals surface area contributed by atoms with Gasteiger partial charge in [0.15, 0.2) is 15.6 Å². The van der Waals surface area contributed by atoms with Crippen molar-refractivity contribution >= 4 is 43.7 Å². The number of nitrogens with zero attached hydrogens (tertiary/aromatic N) is 1. The summed E-state index contributed by atoms with van der Waals surface area (Å²) in [6, 6.07) is 10.8. The molecule has 1 N–H and O–H groups in total. The second-order valence-electron chi connectivity index (χ2n) is 10.9. The van der Waals surface area contributed by atoms with Gasteiger partial charge >= 0.3 is 0 Å². The highest BCUT2D eigenvalue weighted by atomic mass is 35.5. The van der Waals surface area contributed by atoms with Crippen LogP contribution in [0.2, 0.25) is 0 Å². The molecule has 0 amide bonds. The van der Waals surface area contributed by atoms with Crippen molar-refractivity contribution in [1.82, 2.24) is 4.90 Å². The molecule has 5 rings (SSSR count). The first kappa shape index (κ1) is 30.9. The van der Waals surface area contributed by atoms with Gasteiger partial charge in [-0.2, -0.15) is 0 Å². The Hall–Kier alpha value is -2.00. The van der Waals surface area contributed by atoms with Crippen molar-refractivity contribution in [2.24, 2.45) is 0 Å². The third kappa shape index (κ3) is 7.44.